The van der Waals surface area contributed by atoms with Gasteiger partial charge in [0.05, 0.1) is 11.6 Å². The van der Waals surface area contributed by atoms with E-state index in [0.29, 0.717) is 5.95 Å². The number of sulfonamides is 1. The Hall–Kier alpha value is -3.33. The lowest BCUT2D eigenvalue weighted by molar-refractivity contribution is 0.570. The monoisotopic (exact) mass is 460 g/mol. The van der Waals surface area contributed by atoms with Gasteiger partial charge in [-0.25, -0.2) is 18.4 Å². The fourth-order valence-electron chi connectivity index (χ4n) is 3.84. The lowest BCUT2D eigenvalue weighted by Crippen LogP contribution is -2.31. The topological polar surface area (TPSA) is 76.9 Å². The summed E-state index contributed by atoms with van der Waals surface area (Å²) in [6.07, 6.45) is 3.36. The fraction of sp³-hybridized carbons (Fsp3) is 0.0833. The normalized spacial score (nSPS) is 12.8. The Kier molecular flexibility index (Phi) is 5.34. The third-order valence-corrected chi connectivity index (χ3v) is 8.14. The summed E-state index contributed by atoms with van der Waals surface area (Å²) in [6, 6.07) is 22.1. The van der Waals surface area contributed by atoms with Crippen molar-refractivity contribution in [2.24, 2.45) is 0 Å². The minimum Gasteiger partial charge on any atom is -0.280 e. The van der Waals surface area contributed by atoms with E-state index in [0.717, 1.165) is 27.7 Å². The van der Waals surface area contributed by atoms with Gasteiger partial charge < -0.3 is 0 Å². The van der Waals surface area contributed by atoms with Gasteiger partial charge in [-0.3, -0.25) is 4.57 Å². The zero-order valence-corrected chi connectivity index (χ0v) is 18.8. The Labute approximate surface area is 190 Å². The van der Waals surface area contributed by atoms with Gasteiger partial charge in [0.2, 0.25) is 5.95 Å². The predicted molar refractivity (Wildman–Crippen MR) is 127 cm³/mol. The zero-order chi connectivity index (χ0) is 22.1. The maximum absolute atomic E-state index is 13.3. The number of benzene rings is 2. The molecule has 2 aromatic carbocycles. The van der Waals surface area contributed by atoms with Gasteiger partial charge in [-0.1, -0.05) is 48.5 Å². The highest BCUT2D eigenvalue weighted by atomic mass is 32.2. The molecule has 0 aliphatic carbocycles. The SMILES string of the molecule is Cc1ccccc1C(NS(=O)(=O)c1cccs1)c1cc2ccccc2n1-c1ncccn1. The van der Waals surface area contributed by atoms with Crippen LogP contribution in [0.25, 0.3) is 16.9 Å². The molecule has 0 bridgehead atoms. The average Bonchev–Trinajstić information content (AvgIpc) is 3.47. The molecule has 0 spiro atoms. The van der Waals surface area contributed by atoms with E-state index < -0.39 is 16.1 Å². The second kappa shape index (κ2) is 8.31. The van der Waals surface area contributed by atoms with Crippen LogP contribution in [-0.4, -0.2) is 23.0 Å². The number of nitrogens with one attached hydrogen (secondary N) is 1. The molecular formula is C24H20N4O2S2. The largest absolute Gasteiger partial charge is 0.280 e. The van der Waals surface area contributed by atoms with Gasteiger partial charge in [-0.2, -0.15) is 4.72 Å². The maximum atomic E-state index is 13.3. The molecule has 6 nitrogen and oxygen atoms in total. The molecule has 0 aliphatic heterocycles. The highest BCUT2D eigenvalue weighted by Crippen LogP contribution is 2.33. The number of hydrogen-bond acceptors (Lipinski definition) is 5. The third-order valence-electron chi connectivity index (χ3n) is 5.32. The van der Waals surface area contributed by atoms with Crippen LogP contribution in [-0.2, 0) is 10.0 Å². The molecule has 0 saturated carbocycles. The van der Waals surface area contributed by atoms with E-state index in [9.17, 15) is 8.42 Å². The van der Waals surface area contributed by atoms with E-state index in [-0.39, 0.29) is 4.21 Å². The van der Waals surface area contributed by atoms with Crippen LogP contribution < -0.4 is 4.72 Å². The quantitative estimate of drug-likeness (QED) is 0.393. The van der Waals surface area contributed by atoms with Gasteiger partial charge >= 0.3 is 0 Å². The molecule has 1 unspecified atom stereocenters. The summed E-state index contributed by atoms with van der Waals surface area (Å²) in [7, 11) is -3.75. The molecule has 0 saturated heterocycles. The molecular weight excluding hydrogens is 440 g/mol. The molecule has 0 fully saturated rings. The number of thiophene rings is 1. The fourth-order valence-corrected chi connectivity index (χ4v) is 6.04. The van der Waals surface area contributed by atoms with Crippen molar-refractivity contribution in [3.05, 3.63) is 107 Å². The van der Waals surface area contributed by atoms with Crippen LogP contribution in [0.2, 0.25) is 0 Å². The number of fused-ring (bicyclic) bond motifs is 1. The lowest BCUT2D eigenvalue weighted by atomic mass is 9.99. The summed E-state index contributed by atoms with van der Waals surface area (Å²) in [5.41, 5.74) is 3.50. The van der Waals surface area contributed by atoms with Gasteiger partial charge in [0.1, 0.15) is 4.21 Å². The van der Waals surface area contributed by atoms with Crippen LogP contribution in [0.4, 0.5) is 0 Å². The van der Waals surface area contributed by atoms with Crippen molar-refractivity contribution in [3.8, 4) is 5.95 Å². The Bertz CT molecular complexity index is 1480. The number of nitrogens with zero attached hydrogens (tertiary/aromatic N) is 3. The van der Waals surface area contributed by atoms with Gasteiger partial charge in [0.25, 0.3) is 10.0 Å². The van der Waals surface area contributed by atoms with Crippen molar-refractivity contribution in [2.75, 3.05) is 0 Å². The van der Waals surface area contributed by atoms with E-state index in [4.69, 9.17) is 0 Å². The Morgan fingerprint density at radius 2 is 1.69 bits per heavy atom. The van der Waals surface area contributed by atoms with Crippen molar-refractivity contribution >= 4 is 32.3 Å². The molecule has 8 heteroatoms. The zero-order valence-electron chi connectivity index (χ0n) is 17.2. The van der Waals surface area contributed by atoms with Crippen LogP contribution in [0.5, 0.6) is 0 Å². The number of aromatic nitrogens is 3. The van der Waals surface area contributed by atoms with Crippen LogP contribution in [0.3, 0.4) is 0 Å². The summed E-state index contributed by atoms with van der Waals surface area (Å²) in [4.78, 5) is 8.91. The van der Waals surface area contributed by atoms with Gasteiger partial charge in [-0.15, -0.1) is 11.3 Å². The number of hydrogen-bond donors (Lipinski definition) is 1. The van der Waals surface area contributed by atoms with Crippen LogP contribution in [0.15, 0.2) is 94.8 Å². The standard InChI is InChI=1S/C24H20N4O2S2/c1-17-8-2-4-10-19(17)23(27-32(29,30)22-12-6-15-31-22)21-16-18-9-3-5-11-20(18)28(21)24-25-13-7-14-26-24/h2-16,23,27H,1H3. The van der Waals surface area contributed by atoms with Gasteiger partial charge in [0, 0.05) is 23.5 Å². The molecule has 5 aromatic rings. The minimum absolute atomic E-state index is 0.273. The summed E-state index contributed by atoms with van der Waals surface area (Å²) in [5.74, 6) is 0.484. The molecule has 1 N–H and O–H groups in total. The van der Waals surface area contributed by atoms with E-state index >= 15 is 0 Å². The highest BCUT2D eigenvalue weighted by Gasteiger charge is 2.28. The average molecular weight is 461 g/mol. The van der Waals surface area contributed by atoms with Crippen molar-refractivity contribution in [1.82, 2.24) is 19.3 Å². The lowest BCUT2D eigenvalue weighted by Gasteiger charge is -2.22. The number of para-hydroxylation sites is 1. The van der Waals surface area contributed by atoms with E-state index in [2.05, 4.69) is 14.7 Å². The number of aryl methyl sites for hydroxylation is 1. The molecule has 3 heterocycles. The van der Waals surface area contributed by atoms with Crippen molar-refractivity contribution in [3.63, 3.8) is 0 Å². The summed E-state index contributed by atoms with van der Waals surface area (Å²) < 4.78 is 31.7. The van der Waals surface area contributed by atoms with Crippen LogP contribution in [0.1, 0.15) is 22.9 Å². The van der Waals surface area contributed by atoms with E-state index in [1.807, 2.05) is 66.1 Å². The molecule has 0 radical (unpaired) electrons. The molecule has 1 atom stereocenters. The third kappa shape index (κ3) is 3.73. The molecule has 0 aliphatic rings. The van der Waals surface area contributed by atoms with Crippen LogP contribution >= 0.6 is 11.3 Å². The van der Waals surface area contributed by atoms with Crippen molar-refractivity contribution < 1.29 is 8.42 Å². The summed E-state index contributed by atoms with van der Waals surface area (Å²) in [6.45, 7) is 1.98. The second-order valence-corrected chi connectivity index (χ2v) is 10.2. The molecule has 5 rings (SSSR count). The van der Waals surface area contributed by atoms with Gasteiger partial charge in [0.15, 0.2) is 0 Å². The van der Waals surface area contributed by atoms with Crippen LogP contribution in [0, 0.1) is 6.92 Å². The minimum atomic E-state index is -3.75. The first-order chi connectivity index (χ1) is 15.5. The molecule has 32 heavy (non-hydrogen) atoms. The number of rotatable bonds is 6. The molecule has 3 aromatic heterocycles. The first-order valence-electron chi connectivity index (χ1n) is 10.0. The highest BCUT2D eigenvalue weighted by molar-refractivity contribution is 7.91. The first kappa shape index (κ1) is 20.6. The smallest absolute Gasteiger partial charge is 0.250 e. The molecule has 0 amide bonds. The predicted octanol–water partition coefficient (Wildman–Crippen LogP) is 4.86. The maximum Gasteiger partial charge on any atom is 0.250 e. The van der Waals surface area contributed by atoms with E-state index in [1.54, 1.807) is 36.0 Å². The second-order valence-electron chi connectivity index (χ2n) is 7.36. The Morgan fingerprint density at radius 1 is 0.938 bits per heavy atom. The van der Waals surface area contributed by atoms with E-state index in [1.165, 1.54) is 11.3 Å². The Morgan fingerprint density at radius 3 is 2.44 bits per heavy atom. The summed E-state index contributed by atoms with van der Waals surface area (Å²) >= 11 is 1.19. The molecule has 160 valence electrons. The first-order valence-corrected chi connectivity index (χ1v) is 12.4. The van der Waals surface area contributed by atoms with Gasteiger partial charge in [-0.05, 0) is 47.7 Å². The van der Waals surface area contributed by atoms with Crippen molar-refractivity contribution in [1.29, 1.82) is 0 Å². The van der Waals surface area contributed by atoms with Crippen molar-refractivity contribution in [2.45, 2.75) is 17.2 Å². The Balaban J connectivity index is 1.77. The summed E-state index contributed by atoms with van der Waals surface area (Å²) in [5, 5.41) is 2.73.